The van der Waals surface area contributed by atoms with Gasteiger partial charge in [0.25, 0.3) is 0 Å². The van der Waals surface area contributed by atoms with Crippen LogP contribution in [0, 0.1) is 5.41 Å². The molecule has 1 aliphatic rings. The first-order chi connectivity index (χ1) is 11.1. The summed E-state index contributed by atoms with van der Waals surface area (Å²) in [4.78, 5) is 1.15. The van der Waals surface area contributed by atoms with Crippen molar-refractivity contribution in [2.24, 2.45) is 11.5 Å². The van der Waals surface area contributed by atoms with Crippen LogP contribution in [0.2, 0.25) is 0 Å². The number of nitrogens with one attached hydrogen (secondary N) is 2. The van der Waals surface area contributed by atoms with Crippen molar-refractivity contribution in [3.05, 3.63) is 53.6 Å². The van der Waals surface area contributed by atoms with Gasteiger partial charge in [-0.15, -0.1) is 0 Å². The van der Waals surface area contributed by atoms with E-state index in [1.165, 1.54) is 0 Å². The molecule has 5 nitrogen and oxygen atoms in total. The number of ether oxygens (including phenoxy) is 1. The number of fused-ring (bicyclic) bond motifs is 1. The van der Waals surface area contributed by atoms with Crippen molar-refractivity contribution >= 4 is 23.3 Å². The lowest BCUT2D eigenvalue weighted by Gasteiger charge is -2.19. The molecule has 23 heavy (non-hydrogen) atoms. The molecule has 1 aliphatic heterocycles. The maximum absolute atomic E-state index is 7.53. The Morgan fingerprint density at radius 2 is 2.17 bits per heavy atom. The monoisotopic (exact) mass is 328 g/mol. The summed E-state index contributed by atoms with van der Waals surface area (Å²) in [5.41, 5.74) is 14.8. The number of amidine groups is 1. The molecule has 2 aromatic rings. The number of methoxy groups -OCH3 is 1. The number of hydrogen-bond donors (Lipinski definition) is 4. The van der Waals surface area contributed by atoms with Crippen LogP contribution in [0.15, 0.2) is 47.4 Å². The highest BCUT2D eigenvalue weighted by Crippen LogP contribution is 2.41. The van der Waals surface area contributed by atoms with Crippen molar-refractivity contribution in [2.45, 2.75) is 22.7 Å². The maximum atomic E-state index is 7.53. The summed E-state index contributed by atoms with van der Waals surface area (Å²) in [5, 5.41) is 11.1. The SMILES string of the molecule is COc1ccc2c(c1)SC(C(N)Cc1cccc(C(=N)N)c1)N2. The van der Waals surface area contributed by atoms with E-state index in [1.807, 2.05) is 42.5 Å². The Labute approximate surface area is 139 Å². The number of nitrogen functional groups attached to an aromatic ring is 1. The minimum atomic E-state index is -0.0550. The molecule has 0 fully saturated rings. The van der Waals surface area contributed by atoms with Crippen LogP contribution in [0.3, 0.4) is 0 Å². The second kappa shape index (κ2) is 6.52. The molecule has 3 rings (SSSR count). The van der Waals surface area contributed by atoms with Gasteiger partial charge in [-0.2, -0.15) is 0 Å². The molecule has 0 saturated carbocycles. The standard InChI is InChI=1S/C17H20N4OS/c1-22-12-5-6-14-15(9-12)23-17(21-14)13(18)8-10-3-2-4-11(7-10)16(19)20/h2-7,9,13,17,21H,8,18H2,1H3,(H3,19,20). The van der Waals surface area contributed by atoms with Crippen molar-refractivity contribution in [2.75, 3.05) is 12.4 Å². The quantitative estimate of drug-likeness (QED) is 0.499. The average Bonchev–Trinajstić information content (AvgIpc) is 2.98. The van der Waals surface area contributed by atoms with Crippen LogP contribution in [-0.2, 0) is 6.42 Å². The maximum Gasteiger partial charge on any atom is 0.122 e. The lowest BCUT2D eigenvalue weighted by molar-refractivity contribution is 0.414. The van der Waals surface area contributed by atoms with Gasteiger partial charge in [0.05, 0.1) is 12.5 Å². The van der Waals surface area contributed by atoms with Gasteiger partial charge in [-0.05, 0) is 36.2 Å². The number of anilines is 1. The van der Waals surface area contributed by atoms with E-state index in [-0.39, 0.29) is 17.3 Å². The Morgan fingerprint density at radius 3 is 2.91 bits per heavy atom. The highest BCUT2D eigenvalue weighted by atomic mass is 32.2. The molecule has 2 atom stereocenters. The van der Waals surface area contributed by atoms with Gasteiger partial charge >= 0.3 is 0 Å². The second-order valence-corrected chi connectivity index (χ2v) is 6.71. The molecule has 6 N–H and O–H groups in total. The zero-order valence-corrected chi connectivity index (χ0v) is 13.7. The van der Waals surface area contributed by atoms with Crippen LogP contribution in [-0.4, -0.2) is 24.4 Å². The number of thioether (sulfide) groups is 1. The Morgan fingerprint density at radius 1 is 1.35 bits per heavy atom. The van der Waals surface area contributed by atoms with E-state index >= 15 is 0 Å². The predicted molar refractivity (Wildman–Crippen MR) is 95.4 cm³/mol. The number of benzene rings is 2. The number of hydrogen-bond acceptors (Lipinski definition) is 5. The first-order valence-electron chi connectivity index (χ1n) is 7.37. The van der Waals surface area contributed by atoms with Gasteiger partial charge in [-0.3, -0.25) is 5.41 Å². The fourth-order valence-electron chi connectivity index (χ4n) is 2.61. The molecular weight excluding hydrogens is 308 g/mol. The largest absolute Gasteiger partial charge is 0.497 e. The summed E-state index contributed by atoms with van der Waals surface area (Å²) in [6, 6.07) is 13.6. The Balaban J connectivity index is 1.69. The van der Waals surface area contributed by atoms with Crippen molar-refractivity contribution < 1.29 is 4.74 Å². The molecular formula is C17H20N4OS. The average molecular weight is 328 g/mol. The third-order valence-electron chi connectivity index (χ3n) is 3.84. The molecule has 0 spiro atoms. The van der Waals surface area contributed by atoms with Crippen molar-refractivity contribution in [3.8, 4) is 5.75 Å². The number of nitrogens with two attached hydrogens (primary N) is 2. The first kappa shape index (κ1) is 15.7. The Hall–Kier alpha value is -2.18. The highest BCUT2D eigenvalue weighted by Gasteiger charge is 2.27. The topological polar surface area (TPSA) is 97.2 Å². The van der Waals surface area contributed by atoms with E-state index in [1.54, 1.807) is 18.9 Å². The van der Waals surface area contributed by atoms with Crippen LogP contribution in [0.1, 0.15) is 11.1 Å². The molecule has 0 saturated heterocycles. The number of rotatable bonds is 5. The van der Waals surface area contributed by atoms with E-state index in [2.05, 4.69) is 5.32 Å². The van der Waals surface area contributed by atoms with Crippen LogP contribution in [0.4, 0.5) is 5.69 Å². The van der Waals surface area contributed by atoms with Gasteiger partial charge in [0.1, 0.15) is 11.6 Å². The molecule has 2 unspecified atom stereocenters. The smallest absolute Gasteiger partial charge is 0.122 e. The van der Waals surface area contributed by atoms with Gasteiger partial charge in [0.2, 0.25) is 0 Å². The molecule has 0 bridgehead atoms. The fraction of sp³-hybridized carbons (Fsp3) is 0.235. The minimum Gasteiger partial charge on any atom is -0.497 e. The van der Waals surface area contributed by atoms with Gasteiger partial charge in [-0.1, -0.05) is 30.0 Å². The van der Waals surface area contributed by atoms with Crippen LogP contribution in [0.5, 0.6) is 5.75 Å². The molecule has 0 amide bonds. The Bertz CT molecular complexity index is 734. The fourth-order valence-corrected chi connectivity index (χ4v) is 3.77. The lowest BCUT2D eigenvalue weighted by Crippen LogP contribution is -2.37. The molecule has 120 valence electrons. The highest BCUT2D eigenvalue weighted by molar-refractivity contribution is 8.00. The molecule has 6 heteroatoms. The van der Waals surface area contributed by atoms with Gasteiger partial charge < -0.3 is 21.5 Å². The van der Waals surface area contributed by atoms with Crippen LogP contribution in [0.25, 0.3) is 0 Å². The minimum absolute atomic E-state index is 0.0550. The normalized spacial score (nSPS) is 17.2. The van der Waals surface area contributed by atoms with E-state index in [0.717, 1.165) is 33.9 Å². The molecule has 2 aromatic carbocycles. The summed E-state index contributed by atoms with van der Waals surface area (Å²) < 4.78 is 5.26. The molecule has 0 radical (unpaired) electrons. The predicted octanol–water partition coefficient (Wildman–Crippen LogP) is 2.39. The second-order valence-electron chi connectivity index (χ2n) is 5.53. The van der Waals surface area contributed by atoms with Crippen molar-refractivity contribution in [3.63, 3.8) is 0 Å². The summed E-state index contributed by atoms with van der Waals surface area (Å²) >= 11 is 1.72. The first-order valence-corrected chi connectivity index (χ1v) is 8.25. The summed E-state index contributed by atoms with van der Waals surface area (Å²) in [6.45, 7) is 0. The summed E-state index contributed by atoms with van der Waals surface area (Å²) in [6.07, 6.45) is 0.719. The van der Waals surface area contributed by atoms with E-state index in [9.17, 15) is 0 Å². The van der Waals surface area contributed by atoms with Gasteiger partial charge in [0.15, 0.2) is 0 Å². The zero-order chi connectivity index (χ0) is 16.4. The third-order valence-corrected chi connectivity index (χ3v) is 5.15. The van der Waals surface area contributed by atoms with E-state index in [0.29, 0.717) is 0 Å². The van der Waals surface area contributed by atoms with Crippen LogP contribution < -0.4 is 21.5 Å². The zero-order valence-electron chi connectivity index (χ0n) is 12.9. The molecule has 0 aliphatic carbocycles. The van der Waals surface area contributed by atoms with Crippen molar-refractivity contribution in [1.82, 2.24) is 0 Å². The summed E-state index contributed by atoms with van der Waals surface area (Å²) in [5.74, 6) is 0.926. The van der Waals surface area contributed by atoms with E-state index in [4.69, 9.17) is 21.6 Å². The van der Waals surface area contributed by atoms with Crippen LogP contribution >= 0.6 is 11.8 Å². The van der Waals surface area contributed by atoms with Crippen molar-refractivity contribution in [1.29, 1.82) is 5.41 Å². The third kappa shape index (κ3) is 3.43. The summed E-state index contributed by atoms with van der Waals surface area (Å²) in [7, 11) is 1.67. The molecule has 0 aromatic heterocycles. The lowest BCUT2D eigenvalue weighted by atomic mass is 10.0. The Kier molecular flexibility index (Phi) is 4.45. The van der Waals surface area contributed by atoms with Gasteiger partial charge in [-0.25, -0.2) is 0 Å². The molecule has 1 heterocycles. The van der Waals surface area contributed by atoms with Gasteiger partial charge in [0, 0.05) is 22.2 Å². The van der Waals surface area contributed by atoms with E-state index < -0.39 is 0 Å².